The Hall–Kier alpha value is -2.70. The van der Waals surface area contributed by atoms with E-state index in [0.29, 0.717) is 28.9 Å². The number of hydrogen-bond donors (Lipinski definition) is 0. The Morgan fingerprint density at radius 2 is 2.17 bits per heavy atom. The molecule has 0 unspecified atom stereocenters. The van der Waals surface area contributed by atoms with Crippen LogP contribution in [-0.4, -0.2) is 37.8 Å². The minimum Gasteiger partial charge on any atom is -0.336 e. The van der Waals surface area contributed by atoms with Crippen molar-refractivity contribution in [1.82, 2.24) is 24.8 Å². The van der Waals surface area contributed by atoms with E-state index in [0.717, 1.165) is 17.9 Å². The molecule has 0 aliphatic rings. The molecular weight excluding hydrogens is 294 g/mol. The molecular formula is C16H19N5O2. The number of aryl methyl sites for hydroxylation is 3. The summed E-state index contributed by atoms with van der Waals surface area (Å²) in [5, 5.41) is 8.83. The summed E-state index contributed by atoms with van der Waals surface area (Å²) in [6, 6.07) is 3.70. The summed E-state index contributed by atoms with van der Waals surface area (Å²) in [4.78, 5) is 18.8. The molecule has 0 N–H and O–H groups in total. The molecule has 0 aromatic carbocycles. The van der Waals surface area contributed by atoms with Crippen molar-refractivity contribution in [3.8, 4) is 0 Å². The SMILES string of the molecule is CCn1nccc1CN(C)C(=O)c1cc(C)nc2onc(C)c12. The highest BCUT2D eigenvalue weighted by Gasteiger charge is 2.21. The van der Waals surface area contributed by atoms with E-state index in [1.165, 1.54) is 0 Å². The van der Waals surface area contributed by atoms with Gasteiger partial charge < -0.3 is 9.42 Å². The summed E-state index contributed by atoms with van der Waals surface area (Å²) in [6.07, 6.45) is 1.75. The molecule has 3 heterocycles. The highest BCUT2D eigenvalue weighted by atomic mass is 16.5. The molecule has 0 spiro atoms. The number of hydrogen-bond acceptors (Lipinski definition) is 5. The van der Waals surface area contributed by atoms with Gasteiger partial charge in [0.1, 0.15) is 0 Å². The van der Waals surface area contributed by atoms with Crippen molar-refractivity contribution in [3.63, 3.8) is 0 Å². The third-order valence-electron chi connectivity index (χ3n) is 3.83. The molecule has 3 aromatic rings. The molecule has 1 amide bonds. The first-order chi connectivity index (χ1) is 11.0. The lowest BCUT2D eigenvalue weighted by molar-refractivity contribution is 0.0783. The van der Waals surface area contributed by atoms with Gasteiger partial charge in [-0.3, -0.25) is 9.48 Å². The molecule has 0 aliphatic heterocycles. The summed E-state index contributed by atoms with van der Waals surface area (Å²) in [7, 11) is 1.78. The van der Waals surface area contributed by atoms with Gasteiger partial charge in [-0.1, -0.05) is 5.16 Å². The van der Waals surface area contributed by atoms with Crippen LogP contribution in [0.3, 0.4) is 0 Å². The van der Waals surface area contributed by atoms with Crippen LogP contribution in [-0.2, 0) is 13.1 Å². The van der Waals surface area contributed by atoms with E-state index in [1.807, 2.05) is 31.5 Å². The van der Waals surface area contributed by atoms with Gasteiger partial charge >= 0.3 is 0 Å². The number of aromatic nitrogens is 4. The van der Waals surface area contributed by atoms with E-state index >= 15 is 0 Å². The van der Waals surface area contributed by atoms with Crippen LogP contribution in [0.4, 0.5) is 0 Å². The lowest BCUT2D eigenvalue weighted by Crippen LogP contribution is -2.27. The van der Waals surface area contributed by atoms with Crippen molar-refractivity contribution >= 4 is 17.0 Å². The van der Waals surface area contributed by atoms with E-state index in [1.54, 1.807) is 24.2 Å². The van der Waals surface area contributed by atoms with Crippen LogP contribution < -0.4 is 0 Å². The van der Waals surface area contributed by atoms with E-state index < -0.39 is 0 Å². The molecule has 0 saturated heterocycles. The molecule has 0 aliphatic carbocycles. The van der Waals surface area contributed by atoms with Crippen LogP contribution in [0.25, 0.3) is 11.1 Å². The predicted octanol–water partition coefficient (Wildman–Crippen LogP) is 2.33. The number of amides is 1. The van der Waals surface area contributed by atoms with Crippen LogP contribution in [0.1, 0.15) is 34.4 Å². The number of pyridine rings is 1. The minimum atomic E-state index is -0.0874. The predicted molar refractivity (Wildman–Crippen MR) is 85.0 cm³/mol. The maximum absolute atomic E-state index is 12.9. The van der Waals surface area contributed by atoms with E-state index in [9.17, 15) is 4.79 Å². The first-order valence-electron chi connectivity index (χ1n) is 7.51. The standard InChI is InChI=1S/C16H19N5O2/c1-5-21-12(6-7-17-21)9-20(4)16(22)13-8-10(2)18-15-14(13)11(3)19-23-15/h6-8H,5,9H2,1-4H3. The average molecular weight is 313 g/mol. The molecule has 23 heavy (non-hydrogen) atoms. The highest BCUT2D eigenvalue weighted by Crippen LogP contribution is 2.23. The first-order valence-corrected chi connectivity index (χ1v) is 7.51. The van der Waals surface area contributed by atoms with Gasteiger partial charge in [-0.25, -0.2) is 4.98 Å². The average Bonchev–Trinajstić information content (AvgIpc) is 3.12. The van der Waals surface area contributed by atoms with Crippen LogP contribution in [0, 0.1) is 13.8 Å². The second-order valence-corrected chi connectivity index (χ2v) is 5.56. The Bertz CT molecular complexity index is 865. The van der Waals surface area contributed by atoms with Crippen molar-refractivity contribution in [3.05, 3.63) is 41.0 Å². The van der Waals surface area contributed by atoms with E-state index in [2.05, 4.69) is 15.2 Å². The van der Waals surface area contributed by atoms with Crippen LogP contribution in [0.15, 0.2) is 22.9 Å². The normalized spacial score (nSPS) is 11.1. The number of carbonyl (C=O) groups is 1. The Morgan fingerprint density at radius 3 is 2.91 bits per heavy atom. The van der Waals surface area contributed by atoms with Gasteiger partial charge in [0.25, 0.3) is 11.6 Å². The number of carbonyl (C=O) groups excluding carboxylic acids is 1. The quantitative estimate of drug-likeness (QED) is 0.739. The Balaban J connectivity index is 1.95. The smallest absolute Gasteiger partial charge is 0.258 e. The largest absolute Gasteiger partial charge is 0.336 e. The van der Waals surface area contributed by atoms with Crippen molar-refractivity contribution in [2.75, 3.05) is 7.05 Å². The highest BCUT2D eigenvalue weighted by molar-refractivity contribution is 6.05. The van der Waals surface area contributed by atoms with E-state index in [-0.39, 0.29) is 5.91 Å². The lowest BCUT2D eigenvalue weighted by Gasteiger charge is -2.18. The maximum Gasteiger partial charge on any atom is 0.258 e. The third kappa shape index (κ3) is 2.69. The molecule has 0 radical (unpaired) electrons. The lowest BCUT2D eigenvalue weighted by atomic mass is 10.1. The van der Waals surface area contributed by atoms with Crippen LogP contribution >= 0.6 is 0 Å². The van der Waals surface area contributed by atoms with Gasteiger partial charge in [-0.05, 0) is 32.9 Å². The Labute approximate surface area is 133 Å². The topological polar surface area (TPSA) is 77.0 Å². The minimum absolute atomic E-state index is 0.0874. The fourth-order valence-electron chi connectivity index (χ4n) is 2.69. The summed E-state index contributed by atoms with van der Waals surface area (Å²) >= 11 is 0. The van der Waals surface area contributed by atoms with Crippen LogP contribution in [0.5, 0.6) is 0 Å². The monoisotopic (exact) mass is 313 g/mol. The summed E-state index contributed by atoms with van der Waals surface area (Å²) in [5.74, 6) is -0.0874. The Morgan fingerprint density at radius 1 is 1.39 bits per heavy atom. The third-order valence-corrected chi connectivity index (χ3v) is 3.83. The van der Waals surface area contributed by atoms with E-state index in [4.69, 9.17) is 4.52 Å². The first kappa shape index (κ1) is 15.2. The fourth-order valence-corrected chi connectivity index (χ4v) is 2.69. The van der Waals surface area contributed by atoms with Gasteiger partial charge in [0.15, 0.2) is 0 Å². The summed E-state index contributed by atoms with van der Waals surface area (Å²) in [5.41, 5.74) is 3.36. The molecule has 0 atom stereocenters. The molecule has 7 nitrogen and oxygen atoms in total. The molecule has 3 rings (SSSR count). The fraction of sp³-hybridized carbons (Fsp3) is 0.375. The number of fused-ring (bicyclic) bond motifs is 1. The molecule has 0 fully saturated rings. The molecule has 120 valence electrons. The number of rotatable bonds is 4. The molecule has 7 heteroatoms. The second-order valence-electron chi connectivity index (χ2n) is 5.56. The zero-order valence-electron chi connectivity index (χ0n) is 13.7. The number of nitrogens with zero attached hydrogens (tertiary/aromatic N) is 5. The van der Waals surface area contributed by atoms with Crippen molar-refractivity contribution in [2.45, 2.75) is 33.9 Å². The summed E-state index contributed by atoms with van der Waals surface area (Å²) < 4.78 is 7.07. The van der Waals surface area contributed by atoms with Gasteiger partial charge in [0, 0.05) is 25.5 Å². The Kier molecular flexibility index (Phi) is 3.85. The van der Waals surface area contributed by atoms with Crippen molar-refractivity contribution in [2.24, 2.45) is 0 Å². The van der Waals surface area contributed by atoms with Crippen molar-refractivity contribution in [1.29, 1.82) is 0 Å². The van der Waals surface area contributed by atoms with Crippen molar-refractivity contribution < 1.29 is 9.32 Å². The molecule has 0 saturated carbocycles. The zero-order valence-corrected chi connectivity index (χ0v) is 13.7. The maximum atomic E-state index is 12.9. The second kappa shape index (κ2) is 5.83. The zero-order chi connectivity index (χ0) is 16.6. The van der Waals surface area contributed by atoms with Gasteiger partial charge in [-0.2, -0.15) is 5.10 Å². The van der Waals surface area contributed by atoms with Gasteiger partial charge in [0.05, 0.1) is 28.9 Å². The van der Waals surface area contributed by atoms with Crippen LogP contribution in [0.2, 0.25) is 0 Å². The molecule has 3 aromatic heterocycles. The van der Waals surface area contributed by atoms with Gasteiger partial charge in [-0.15, -0.1) is 0 Å². The summed E-state index contributed by atoms with van der Waals surface area (Å²) in [6.45, 7) is 6.92. The molecule has 0 bridgehead atoms. The van der Waals surface area contributed by atoms with Gasteiger partial charge in [0.2, 0.25) is 0 Å².